The third kappa shape index (κ3) is 3.92. The lowest BCUT2D eigenvalue weighted by Gasteiger charge is -2.15. The molecule has 3 N–H and O–H groups in total. The number of benzene rings is 2. The van der Waals surface area contributed by atoms with Crippen molar-refractivity contribution in [1.82, 2.24) is 10.7 Å². The van der Waals surface area contributed by atoms with E-state index in [1.165, 1.54) is 6.07 Å². The Balaban J connectivity index is 1.75. The zero-order valence-electron chi connectivity index (χ0n) is 14.0. The largest absolute Gasteiger partial charge is 0.508 e. The average molecular weight is 368 g/mol. The van der Waals surface area contributed by atoms with E-state index in [-0.39, 0.29) is 22.9 Å². The highest BCUT2D eigenvalue weighted by Crippen LogP contribution is 2.29. The summed E-state index contributed by atoms with van der Waals surface area (Å²) in [5, 5.41) is 26.9. The Morgan fingerprint density at radius 3 is 2.74 bits per heavy atom. The smallest absolute Gasteiger partial charge is 0.278 e. The number of hydrogen-bond acceptors (Lipinski definition) is 6. The Labute approximate surface area is 153 Å². The van der Waals surface area contributed by atoms with Crippen LogP contribution in [0.5, 0.6) is 5.75 Å². The van der Waals surface area contributed by atoms with Crippen molar-refractivity contribution in [2.45, 2.75) is 5.92 Å². The number of phenolic OH excluding ortho intramolecular Hbond substituents is 1. The summed E-state index contributed by atoms with van der Waals surface area (Å²) in [6.45, 7) is 0.336. The molecule has 27 heavy (non-hydrogen) atoms. The maximum atomic E-state index is 12.4. The number of phenols is 1. The van der Waals surface area contributed by atoms with Crippen LogP contribution in [0.1, 0.15) is 17.0 Å². The van der Waals surface area contributed by atoms with E-state index >= 15 is 0 Å². The number of nitro groups is 1. The van der Waals surface area contributed by atoms with Gasteiger partial charge in [0.2, 0.25) is 5.91 Å². The Morgan fingerprint density at radius 1 is 1.30 bits per heavy atom. The van der Waals surface area contributed by atoms with E-state index in [2.05, 4.69) is 15.8 Å². The van der Waals surface area contributed by atoms with Crippen molar-refractivity contribution in [1.29, 1.82) is 0 Å². The highest BCUT2D eigenvalue weighted by molar-refractivity contribution is 6.03. The predicted molar refractivity (Wildman–Crippen MR) is 96.2 cm³/mol. The molecule has 2 aromatic rings. The topological polar surface area (TPSA) is 134 Å². The van der Waals surface area contributed by atoms with Crippen LogP contribution in [0.2, 0.25) is 0 Å². The first-order valence-corrected chi connectivity index (χ1v) is 8.10. The van der Waals surface area contributed by atoms with Crippen molar-refractivity contribution in [3.8, 4) is 5.75 Å². The lowest BCUT2D eigenvalue weighted by Crippen LogP contribution is -2.34. The van der Waals surface area contributed by atoms with Gasteiger partial charge in [-0.1, -0.05) is 30.3 Å². The minimum atomic E-state index is -0.955. The molecule has 138 valence electrons. The van der Waals surface area contributed by atoms with Gasteiger partial charge in [0, 0.05) is 18.5 Å². The molecule has 0 spiro atoms. The molecule has 0 aromatic heterocycles. The van der Waals surface area contributed by atoms with E-state index in [1.54, 1.807) is 0 Å². The number of nitrogens with zero attached hydrogens (tertiary/aromatic N) is 2. The molecule has 1 heterocycles. The number of amides is 2. The molecule has 1 fully saturated rings. The fourth-order valence-electron chi connectivity index (χ4n) is 2.98. The molecule has 0 unspecified atom stereocenters. The van der Waals surface area contributed by atoms with Gasteiger partial charge in [0.25, 0.3) is 11.6 Å². The molecule has 9 heteroatoms. The van der Waals surface area contributed by atoms with Crippen LogP contribution < -0.4 is 10.7 Å². The monoisotopic (exact) mass is 368 g/mol. The molecule has 9 nitrogen and oxygen atoms in total. The number of hydrazone groups is 1. The highest BCUT2D eigenvalue weighted by atomic mass is 16.6. The van der Waals surface area contributed by atoms with Gasteiger partial charge in [-0.25, -0.2) is 5.43 Å². The second kappa shape index (κ2) is 7.65. The number of aromatic hydroxyl groups is 1. The van der Waals surface area contributed by atoms with Crippen LogP contribution in [0.4, 0.5) is 5.69 Å². The zero-order valence-corrected chi connectivity index (χ0v) is 14.0. The van der Waals surface area contributed by atoms with Gasteiger partial charge in [0.1, 0.15) is 11.7 Å². The molecular weight excluding hydrogens is 352 g/mol. The maximum absolute atomic E-state index is 12.4. The molecule has 1 saturated heterocycles. The number of carbonyl (C=O) groups is 2. The van der Waals surface area contributed by atoms with Gasteiger partial charge >= 0.3 is 0 Å². The van der Waals surface area contributed by atoms with Crippen LogP contribution in [-0.4, -0.2) is 34.6 Å². The van der Waals surface area contributed by atoms with Crippen molar-refractivity contribution in [2.24, 2.45) is 11.0 Å². The Bertz CT molecular complexity index is 913. The Hall–Kier alpha value is -3.75. The Morgan fingerprint density at radius 2 is 2.04 bits per heavy atom. The second-order valence-corrected chi connectivity index (χ2v) is 5.97. The summed E-state index contributed by atoms with van der Waals surface area (Å²) in [5.74, 6) is -2.47. The van der Waals surface area contributed by atoms with E-state index < -0.39 is 22.7 Å². The van der Waals surface area contributed by atoms with Crippen LogP contribution in [0.3, 0.4) is 0 Å². The molecule has 0 radical (unpaired) electrons. The van der Waals surface area contributed by atoms with Gasteiger partial charge in [-0.15, -0.1) is 0 Å². The van der Waals surface area contributed by atoms with E-state index in [0.29, 0.717) is 6.54 Å². The summed E-state index contributed by atoms with van der Waals surface area (Å²) in [4.78, 5) is 34.9. The number of rotatable bonds is 5. The van der Waals surface area contributed by atoms with Crippen molar-refractivity contribution in [2.75, 3.05) is 6.54 Å². The fourth-order valence-corrected chi connectivity index (χ4v) is 2.98. The van der Waals surface area contributed by atoms with Gasteiger partial charge in [-0.2, -0.15) is 5.10 Å². The summed E-state index contributed by atoms with van der Waals surface area (Å²) in [6.07, 6.45) is 1.06. The lowest BCUT2D eigenvalue weighted by molar-refractivity contribution is -0.385. The molecule has 2 aromatic carbocycles. The molecule has 3 rings (SSSR count). The van der Waals surface area contributed by atoms with E-state index in [9.17, 15) is 24.8 Å². The van der Waals surface area contributed by atoms with Gasteiger partial charge in [-0.3, -0.25) is 19.7 Å². The molecule has 2 amide bonds. The standard InChI is InChI=1S/C18H16N4O5/c23-13-6-7-15(22(26)27)12(8-13)9-20-21-18(25)16-14(10-19-17(16)24)11-4-2-1-3-5-11/h1-9,14,16,23H,10H2,(H,19,24)(H,21,25)/b20-9+/t14-,16+/m1/s1. The van der Waals surface area contributed by atoms with Gasteiger partial charge in [-0.05, 0) is 17.7 Å². The molecular formula is C18H16N4O5. The van der Waals surface area contributed by atoms with Crippen molar-refractivity contribution in [3.05, 3.63) is 69.8 Å². The van der Waals surface area contributed by atoms with Crippen LogP contribution in [0, 0.1) is 16.0 Å². The van der Waals surface area contributed by atoms with Crippen LogP contribution in [-0.2, 0) is 9.59 Å². The first-order chi connectivity index (χ1) is 13.0. The number of nitro benzene ring substituents is 1. The quantitative estimate of drug-likeness (QED) is 0.316. The normalized spacial score (nSPS) is 19.0. The van der Waals surface area contributed by atoms with E-state index in [4.69, 9.17) is 0 Å². The summed E-state index contributed by atoms with van der Waals surface area (Å²) < 4.78 is 0. The second-order valence-electron chi connectivity index (χ2n) is 5.97. The molecule has 1 aliphatic rings. The van der Waals surface area contributed by atoms with Gasteiger partial charge < -0.3 is 10.4 Å². The third-order valence-corrected chi connectivity index (χ3v) is 4.28. The minimum absolute atomic E-state index is 0.0239. The van der Waals surface area contributed by atoms with Crippen molar-refractivity contribution < 1.29 is 19.6 Å². The number of hydrogen-bond donors (Lipinski definition) is 3. The predicted octanol–water partition coefficient (Wildman–Crippen LogP) is 1.28. The fraction of sp³-hybridized carbons (Fsp3) is 0.167. The zero-order chi connectivity index (χ0) is 19.4. The SMILES string of the molecule is O=C1NC[C@H](c2ccccc2)[C@@H]1C(=O)N/N=C/c1cc(O)ccc1[N+](=O)[O-]. The summed E-state index contributed by atoms with van der Waals surface area (Å²) in [5.41, 5.74) is 2.86. The third-order valence-electron chi connectivity index (χ3n) is 4.28. The van der Waals surface area contributed by atoms with E-state index in [0.717, 1.165) is 23.9 Å². The van der Waals surface area contributed by atoms with Crippen LogP contribution >= 0.6 is 0 Å². The molecule has 0 bridgehead atoms. The van der Waals surface area contributed by atoms with Crippen molar-refractivity contribution in [3.63, 3.8) is 0 Å². The molecule has 2 atom stereocenters. The Kier molecular flexibility index (Phi) is 5.11. The molecule has 0 saturated carbocycles. The lowest BCUT2D eigenvalue weighted by atomic mass is 9.88. The van der Waals surface area contributed by atoms with Crippen molar-refractivity contribution >= 4 is 23.7 Å². The van der Waals surface area contributed by atoms with Gasteiger partial charge in [0.15, 0.2) is 0 Å². The molecule has 0 aliphatic carbocycles. The highest BCUT2D eigenvalue weighted by Gasteiger charge is 2.40. The number of carbonyl (C=O) groups excluding carboxylic acids is 2. The van der Waals surface area contributed by atoms with Crippen LogP contribution in [0.15, 0.2) is 53.6 Å². The summed E-state index contributed by atoms with van der Waals surface area (Å²) in [6, 6.07) is 12.6. The van der Waals surface area contributed by atoms with Crippen LogP contribution in [0.25, 0.3) is 0 Å². The van der Waals surface area contributed by atoms with Gasteiger partial charge in [0.05, 0.1) is 16.7 Å². The summed E-state index contributed by atoms with van der Waals surface area (Å²) >= 11 is 0. The van der Waals surface area contributed by atoms with E-state index in [1.807, 2.05) is 30.3 Å². The minimum Gasteiger partial charge on any atom is -0.508 e. The molecule has 1 aliphatic heterocycles. The summed E-state index contributed by atoms with van der Waals surface area (Å²) in [7, 11) is 0. The first-order valence-electron chi connectivity index (χ1n) is 8.10. The average Bonchev–Trinajstić information content (AvgIpc) is 3.04. The number of nitrogens with one attached hydrogen (secondary N) is 2. The maximum Gasteiger partial charge on any atom is 0.278 e. The first kappa shape index (κ1) is 18.1.